The molecule has 0 radical (unpaired) electrons. The highest BCUT2D eigenvalue weighted by molar-refractivity contribution is 5.94. The number of nitrogens with one attached hydrogen (secondary N) is 1. The van der Waals surface area contributed by atoms with E-state index in [0.717, 1.165) is 5.56 Å². The average Bonchev–Trinajstić information content (AvgIpc) is 3.11. The van der Waals surface area contributed by atoms with Crippen molar-refractivity contribution in [1.82, 2.24) is 4.98 Å². The van der Waals surface area contributed by atoms with Crippen LogP contribution in [-0.4, -0.2) is 17.5 Å². The molecule has 0 fully saturated rings. The number of halogens is 1. The molecule has 140 valence electrons. The quantitative estimate of drug-likeness (QED) is 0.535. The van der Waals surface area contributed by atoms with Gasteiger partial charge in [-0.25, -0.2) is 9.37 Å². The first-order valence-corrected chi connectivity index (χ1v) is 8.73. The summed E-state index contributed by atoms with van der Waals surface area (Å²) in [6, 6.07) is 18.6. The topological polar surface area (TPSA) is 64.4 Å². The largest absolute Gasteiger partial charge is 0.484 e. The van der Waals surface area contributed by atoms with Gasteiger partial charge in [-0.2, -0.15) is 0 Å². The second kappa shape index (κ2) is 7.52. The average molecular weight is 376 g/mol. The molecule has 4 aromatic rings. The Balaban J connectivity index is 1.45. The van der Waals surface area contributed by atoms with Crippen LogP contribution in [-0.2, 0) is 4.79 Å². The summed E-state index contributed by atoms with van der Waals surface area (Å²) in [5.74, 6) is 0.308. The van der Waals surface area contributed by atoms with Crippen LogP contribution in [0.15, 0.2) is 71.1 Å². The molecule has 0 aliphatic carbocycles. The van der Waals surface area contributed by atoms with Crippen molar-refractivity contribution >= 4 is 22.7 Å². The SMILES string of the molecule is Cc1ccc(OCC(=O)Nc2ccc3oc(-c4cccc(F)c4)nc3c2)cc1. The highest BCUT2D eigenvalue weighted by Gasteiger charge is 2.11. The Morgan fingerprint density at radius 2 is 1.93 bits per heavy atom. The third kappa shape index (κ3) is 4.01. The lowest BCUT2D eigenvalue weighted by atomic mass is 10.2. The molecular formula is C22H17FN2O3. The number of rotatable bonds is 5. The highest BCUT2D eigenvalue weighted by atomic mass is 19.1. The van der Waals surface area contributed by atoms with Gasteiger partial charge in [0.2, 0.25) is 5.89 Å². The van der Waals surface area contributed by atoms with Crippen LogP contribution in [0.25, 0.3) is 22.6 Å². The fraction of sp³-hybridized carbons (Fsp3) is 0.0909. The maximum absolute atomic E-state index is 13.4. The van der Waals surface area contributed by atoms with Gasteiger partial charge in [0, 0.05) is 11.3 Å². The van der Waals surface area contributed by atoms with Crippen LogP contribution < -0.4 is 10.1 Å². The van der Waals surface area contributed by atoms with Crippen molar-refractivity contribution in [2.24, 2.45) is 0 Å². The molecule has 0 unspecified atom stereocenters. The molecule has 3 aromatic carbocycles. The van der Waals surface area contributed by atoms with Crippen molar-refractivity contribution in [2.75, 3.05) is 11.9 Å². The molecule has 0 aliphatic rings. The van der Waals surface area contributed by atoms with E-state index >= 15 is 0 Å². The number of aryl methyl sites for hydroxylation is 1. The number of hydrogen-bond donors (Lipinski definition) is 1. The minimum absolute atomic E-state index is 0.103. The number of carbonyl (C=O) groups is 1. The van der Waals surface area contributed by atoms with Crippen molar-refractivity contribution in [3.05, 3.63) is 78.1 Å². The van der Waals surface area contributed by atoms with Crippen LogP contribution >= 0.6 is 0 Å². The Labute approximate surface area is 160 Å². The summed E-state index contributed by atoms with van der Waals surface area (Å²) < 4.78 is 24.5. The lowest BCUT2D eigenvalue weighted by Crippen LogP contribution is -2.20. The van der Waals surface area contributed by atoms with E-state index in [0.29, 0.717) is 34.0 Å². The van der Waals surface area contributed by atoms with Crippen molar-refractivity contribution in [3.8, 4) is 17.2 Å². The standard InChI is InChI=1S/C22H17FN2O3/c1-14-5-8-18(9-6-14)27-13-21(26)24-17-7-10-20-19(12-17)25-22(28-20)15-3-2-4-16(23)11-15/h2-12H,13H2,1H3,(H,24,26). The zero-order valence-electron chi connectivity index (χ0n) is 15.1. The Bertz CT molecular complexity index is 1140. The zero-order chi connectivity index (χ0) is 19.5. The Hall–Kier alpha value is -3.67. The fourth-order valence-electron chi connectivity index (χ4n) is 2.73. The molecule has 1 heterocycles. The number of amides is 1. The van der Waals surface area contributed by atoms with Crippen LogP contribution in [0.4, 0.5) is 10.1 Å². The van der Waals surface area contributed by atoms with Gasteiger partial charge < -0.3 is 14.5 Å². The molecule has 0 atom stereocenters. The van der Waals surface area contributed by atoms with Crippen LogP contribution in [0, 0.1) is 12.7 Å². The summed E-state index contributed by atoms with van der Waals surface area (Å²) in [6.07, 6.45) is 0. The minimum Gasteiger partial charge on any atom is -0.484 e. The van der Waals surface area contributed by atoms with Crippen LogP contribution in [0.5, 0.6) is 5.75 Å². The van der Waals surface area contributed by atoms with Gasteiger partial charge in [0.15, 0.2) is 12.2 Å². The molecule has 28 heavy (non-hydrogen) atoms. The van der Waals surface area contributed by atoms with Gasteiger partial charge in [-0.05, 0) is 55.5 Å². The van der Waals surface area contributed by atoms with Gasteiger partial charge in [-0.15, -0.1) is 0 Å². The second-order valence-electron chi connectivity index (χ2n) is 6.36. The van der Waals surface area contributed by atoms with Crippen molar-refractivity contribution < 1.29 is 18.3 Å². The van der Waals surface area contributed by atoms with E-state index < -0.39 is 0 Å². The highest BCUT2D eigenvalue weighted by Crippen LogP contribution is 2.26. The van der Waals surface area contributed by atoms with E-state index in [1.165, 1.54) is 12.1 Å². The first-order chi connectivity index (χ1) is 13.6. The monoisotopic (exact) mass is 376 g/mol. The lowest BCUT2D eigenvalue weighted by molar-refractivity contribution is -0.118. The maximum atomic E-state index is 13.4. The summed E-state index contributed by atoms with van der Waals surface area (Å²) in [6.45, 7) is 1.88. The number of anilines is 1. The lowest BCUT2D eigenvalue weighted by Gasteiger charge is -2.07. The summed E-state index contributed by atoms with van der Waals surface area (Å²) in [5.41, 5.74) is 3.36. The summed E-state index contributed by atoms with van der Waals surface area (Å²) in [5, 5.41) is 2.77. The number of nitrogens with zero attached hydrogens (tertiary/aromatic N) is 1. The molecule has 5 nitrogen and oxygen atoms in total. The minimum atomic E-state index is -0.360. The van der Waals surface area contributed by atoms with Crippen molar-refractivity contribution in [3.63, 3.8) is 0 Å². The smallest absolute Gasteiger partial charge is 0.262 e. The number of carbonyl (C=O) groups excluding carboxylic acids is 1. The summed E-state index contributed by atoms with van der Waals surface area (Å²) in [4.78, 5) is 16.5. The Morgan fingerprint density at radius 3 is 2.71 bits per heavy atom. The Kier molecular flexibility index (Phi) is 4.76. The van der Waals surface area contributed by atoms with Crippen molar-refractivity contribution in [2.45, 2.75) is 6.92 Å². The van der Waals surface area contributed by atoms with Gasteiger partial charge in [0.1, 0.15) is 17.1 Å². The molecule has 0 saturated heterocycles. The molecule has 4 rings (SSSR count). The van der Waals surface area contributed by atoms with E-state index in [1.54, 1.807) is 30.3 Å². The van der Waals surface area contributed by atoms with Crippen LogP contribution in [0.3, 0.4) is 0 Å². The van der Waals surface area contributed by atoms with E-state index in [9.17, 15) is 9.18 Å². The molecule has 1 aromatic heterocycles. The van der Waals surface area contributed by atoms with Gasteiger partial charge in [0.05, 0.1) is 0 Å². The zero-order valence-corrected chi connectivity index (χ0v) is 15.1. The normalized spacial score (nSPS) is 10.8. The number of hydrogen-bond acceptors (Lipinski definition) is 4. The molecule has 0 saturated carbocycles. The molecule has 6 heteroatoms. The van der Waals surface area contributed by atoms with E-state index in [1.807, 2.05) is 31.2 Å². The predicted octanol–water partition coefficient (Wildman–Crippen LogP) is 4.96. The van der Waals surface area contributed by atoms with Gasteiger partial charge in [-0.3, -0.25) is 4.79 Å². The Morgan fingerprint density at radius 1 is 1.11 bits per heavy atom. The molecule has 0 bridgehead atoms. The third-order valence-electron chi connectivity index (χ3n) is 4.13. The third-order valence-corrected chi connectivity index (χ3v) is 4.13. The predicted molar refractivity (Wildman–Crippen MR) is 105 cm³/mol. The molecule has 0 spiro atoms. The van der Waals surface area contributed by atoms with Gasteiger partial charge >= 0.3 is 0 Å². The summed E-state index contributed by atoms with van der Waals surface area (Å²) in [7, 11) is 0. The molecule has 1 amide bonds. The number of fused-ring (bicyclic) bond motifs is 1. The van der Waals surface area contributed by atoms with E-state index in [2.05, 4.69) is 10.3 Å². The summed E-state index contributed by atoms with van der Waals surface area (Å²) >= 11 is 0. The first kappa shape index (κ1) is 17.7. The first-order valence-electron chi connectivity index (χ1n) is 8.73. The van der Waals surface area contributed by atoms with Crippen LogP contribution in [0.1, 0.15) is 5.56 Å². The molecule has 0 aliphatic heterocycles. The van der Waals surface area contributed by atoms with Crippen LogP contribution in [0.2, 0.25) is 0 Å². The van der Waals surface area contributed by atoms with E-state index in [-0.39, 0.29) is 18.3 Å². The van der Waals surface area contributed by atoms with E-state index in [4.69, 9.17) is 9.15 Å². The molecule has 1 N–H and O–H groups in total. The molecular weight excluding hydrogens is 359 g/mol. The van der Waals surface area contributed by atoms with Gasteiger partial charge in [0.25, 0.3) is 5.91 Å². The fourth-order valence-corrected chi connectivity index (χ4v) is 2.73. The second-order valence-corrected chi connectivity index (χ2v) is 6.36. The number of benzene rings is 3. The van der Waals surface area contributed by atoms with Gasteiger partial charge in [-0.1, -0.05) is 23.8 Å². The number of oxazole rings is 1. The number of aromatic nitrogens is 1. The number of ether oxygens (including phenoxy) is 1. The van der Waals surface area contributed by atoms with Crippen molar-refractivity contribution in [1.29, 1.82) is 0 Å². The maximum Gasteiger partial charge on any atom is 0.262 e.